The summed E-state index contributed by atoms with van der Waals surface area (Å²) in [5.41, 5.74) is 0.580. The Hall–Kier alpha value is -2.76. The average Bonchev–Trinajstić information content (AvgIpc) is 2.61. The van der Waals surface area contributed by atoms with Crippen molar-refractivity contribution >= 4 is 5.97 Å². The Kier molecular flexibility index (Phi) is 6.62. The number of rotatable bonds is 8. The van der Waals surface area contributed by atoms with Gasteiger partial charge in [-0.1, -0.05) is 26.0 Å². The van der Waals surface area contributed by atoms with E-state index in [1.54, 1.807) is 24.3 Å². The Labute approximate surface area is 146 Å². The number of esters is 1. The summed E-state index contributed by atoms with van der Waals surface area (Å²) in [5.74, 6) is 0.693. The summed E-state index contributed by atoms with van der Waals surface area (Å²) in [4.78, 5) is 27.1. The SMILES string of the molecule is COc1ccccc1C(=O)OCc1cc(=O)c(OCCC(C)C)c[nH]1. The van der Waals surface area contributed by atoms with Crippen LogP contribution in [0.3, 0.4) is 0 Å². The van der Waals surface area contributed by atoms with E-state index < -0.39 is 5.97 Å². The maximum absolute atomic E-state index is 12.1. The molecule has 134 valence electrons. The van der Waals surface area contributed by atoms with Gasteiger partial charge in [-0.3, -0.25) is 4.79 Å². The van der Waals surface area contributed by atoms with Gasteiger partial charge in [-0.2, -0.15) is 0 Å². The first-order valence-corrected chi connectivity index (χ1v) is 8.15. The van der Waals surface area contributed by atoms with Crippen LogP contribution in [0.25, 0.3) is 0 Å². The fraction of sp³-hybridized carbons (Fsp3) is 0.368. The third-order valence-electron chi connectivity index (χ3n) is 3.58. The zero-order valence-electron chi connectivity index (χ0n) is 14.7. The van der Waals surface area contributed by atoms with E-state index in [-0.39, 0.29) is 17.8 Å². The third-order valence-corrected chi connectivity index (χ3v) is 3.58. The molecule has 1 heterocycles. The van der Waals surface area contributed by atoms with Crippen LogP contribution in [-0.2, 0) is 11.3 Å². The van der Waals surface area contributed by atoms with Gasteiger partial charge in [0.05, 0.1) is 19.4 Å². The smallest absolute Gasteiger partial charge is 0.342 e. The fourth-order valence-corrected chi connectivity index (χ4v) is 2.14. The number of hydrogen-bond donors (Lipinski definition) is 1. The Morgan fingerprint density at radius 3 is 2.64 bits per heavy atom. The number of H-pyrrole nitrogens is 1. The molecule has 6 nitrogen and oxygen atoms in total. The van der Waals surface area contributed by atoms with E-state index >= 15 is 0 Å². The number of para-hydroxylation sites is 1. The average molecular weight is 345 g/mol. The Bertz CT molecular complexity index is 766. The van der Waals surface area contributed by atoms with Crippen LogP contribution in [-0.4, -0.2) is 24.7 Å². The molecule has 6 heteroatoms. The van der Waals surface area contributed by atoms with Gasteiger partial charge in [0.25, 0.3) is 0 Å². The number of carbonyl (C=O) groups excluding carboxylic acids is 1. The molecule has 0 aliphatic carbocycles. The monoisotopic (exact) mass is 345 g/mol. The van der Waals surface area contributed by atoms with Gasteiger partial charge >= 0.3 is 5.97 Å². The highest BCUT2D eigenvalue weighted by molar-refractivity contribution is 5.92. The zero-order valence-corrected chi connectivity index (χ0v) is 14.7. The summed E-state index contributed by atoms with van der Waals surface area (Å²) in [7, 11) is 1.49. The lowest BCUT2D eigenvalue weighted by Crippen LogP contribution is -2.13. The van der Waals surface area contributed by atoms with Crippen molar-refractivity contribution in [3.05, 3.63) is 58.0 Å². The lowest BCUT2D eigenvalue weighted by atomic mass is 10.1. The molecule has 1 aromatic heterocycles. The minimum absolute atomic E-state index is 0.0433. The summed E-state index contributed by atoms with van der Waals surface area (Å²) in [6, 6.07) is 8.17. The number of nitrogens with one attached hydrogen (secondary N) is 1. The molecule has 0 aliphatic heterocycles. The van der Waals surface area contributed by atoms with Gasteiger partial charge in [0, 0.05) is 12.3 Å². The number of carbonyl (C=O) groups is 1. The minimum atomic E-state index is -0.518. The first-order valence-electron chi connectivity index (χ1n) is 8.15. The number of benzene rings is 1. The lowest BCUT2D eigenvalue weighted by molar-refractivity contribution is 0.0464. The lowest BCUT2D eigenvalue weighted by Gasteiger charge is -2.10. The zero-order chi connectivity index (χ0) is 18.2. The Morgan fingerprint density at radius 1 is 1.20 bits per heavy atom. The van der Waals surface area contributed by atoms with Crippen LogP contribution < -0.4 is 14.9 Å². The standard InChI is InChI=1S/C19H23NO5/c1-13(2)8-9-24-18-11-20-14(10-16(18)21)12-25-19(22)15-6-4-5-7-17(15)23-3/h4-7,10-11,13H,8-9,12H2,1-3H3,(H,20,21). The van der Waals surface area contributed by atoms with Crippen molar-refractivity contribution in [2.75, 3.05) is 13.7 Å². The molecular weight excluding hydrogens is 322 g/mol. The first-order chi connectivity index (χ1) is 12.0. The van der Waals surface area contributed by atoms with Crippen LogP contribution in [0.1, 0.15) is 36.3 Å². The van der Waals surface area contributed by atoms with E-state index in [1.807, 2.05) is 0 Å². The summed E-state index contributed by atoms with van der Waals surface area (Å²) >= 11 is 0. The predicted molar refractivity (Wildman–Crippen MR) is 94.1 cm³/mol. The molecule has 2 rings (SSSR count). The molecule has 0 radical (unpaired) electrons. The van der Waals surface area contributed by atoms with Crippen LogP contribution in [0, 0.1) is 5.92 Å². The maximum atomic E-state index is 12.1. The van der Waals surface area contributed by atoms with Gasteiger partial charge in [-0.15, -0.1) is 0 Å². The van der Waals surface area contributed by atoms with Gasteiger partial charge in [0.1, 0.15) is 17.9 Å². The first kappa shape index (κ1) is 18.6. The molecule has 25 heavy (non-hydrogen) atoms. The molecule has 0 amide bonds. The molecule has 0 unspecified atom stereocenters. The van der Waals surface area contributed by atoms with E-state index in [4.69, 9.17) is 14.2 Å². The van der Waals surface area contributed by atoms with Crippen molar-refractivity contribution in [2.45, 2.75) is 26.9 Å². The second-order valence-corrected chi connectivity index (χ2v) is 5.99. The highest BCUT2D eigenvalue weighted by Gasteiger charge is 2.13. The quantitative estimate of drug-likeness (QED) is 0.744. The van der Waals surface area contributed by atoms with Crippen LogP contribution >= 0.6 is 0 Å². The highest BCUT2D eigenvalue weighted by atomic mass is 16.5. The van der Waals surface area contributed by atoms with Gasteiger partial charge < -0.3 is 19.2 Å². The normalized spacial score (nSPS) is 10.6. The molecule has 1 aromatic carbocycles. The largest absolute Gasteiger partial charge is 0.496 e. The molecule has 0 saturated heterocycles. The van der Waals surface area contributed by atoms with Crippen molar-refractivity contribution in [2.24, 2.45) is 5.92 Å². The molecular formula is C19H23NO5. The van der Waals surface area contributed by atoms with Gasteiger partial charge in [-0.05, 0) is 24.5 Å². The van der Waals surface area contributed by atoms with Crippen molar-refractivity contribution in [1.29, 1.82) is 0 Å². The van der Waals surface area contributed by atoms with E-state index in [2.05, 4.69) is 18.8 Å². The fourth-order valence-electron chi connectivity index (χ4n) is 2.14. The molecule has 1 N–H and O–H groups in total. The van der Waals surface area contributed by atoms with E-state index in [9.17, 15) is 9.59 Å². The highest BCUT2D eigenvalue weighted by Crippen LogP contribution is 2.18. The van der Waals surface area contributed by atoms with E-state index in [0.29, 0.717) is 29.5 Å². The Balaban J connectivity index is 1.96. The molecule has 0 bridgehead atoms. The third kappa shape index (κ3) is 5.38. The number of ether oxygens (including phenoxy) is 3. The molecule has 0 spiro atoms. The maximum Gasteiger partial charge on any atom is 0.342 e. The molecule has 0 atom stereocenters. The second-order valence-electron chi connectivity index (χ2n) is 5.99. The van der Waals surface area contributed by atoms with Crippen LogP contribution in [0.4, 0.5) is 0 Å². The molecule has 0 aliphatic rings. The Morgan fingerprint density at radius 2 is 1.96 bits per heavy atom. The topological polar surface area (TPSA) is 77.6 Å². The van der Waals surface area contributed by atoms with Crippen molar-refractivity contribution in [3.8, 4) is 11.5 Å². The summed E-state index contributed by atoms with van der Waals surface area (Å²) < 4.78 is 15.8. The molecule has 0 saturated carbocycles. The second kappa shape index (κ2) is 8.92. The van der Waals surface area contributed by atoms with Gasteiger partial charge in [0.2, 0.25) is 5.43 Å². The number of methoxy groups -OCH3 is 1. The predicted octanol–water partition coefficient (Wildman–Crippen LogP) is 3.17. The summed E-state index contributed by atoms with van der Waals surface area (Å²) in [6.45, 7) is 4.63. The number of pyridine rings is 1. The molecule has 0 fully saturated rings. The van der Waals surface area contributed by atoms with E-state index in [0.717, 1.165) is 6.42 Å². The number of aromatic nitrogens is 1. The summed E-state index contributed by atoms with van der Waals surface area (Å²) in [5, 5.41) is 0. The van der Waals surface area contributed by atoms with Crippen LogP contribution in [0.5, 0.6) is 11.5 Å². The van der Waals surface area contributed by atoms with Crippen molar-refractivity contribution in [1.82, 2.24) is 4.98 Å². The van der Waals surface area contributed by atoms with E-state index in [1.165, 1.54) is 19.4 Å². The van der Waals surface area contributed by atoms with Crippen molar-refractivity contribution < 1.29 is 19.0 Å². The van der Waals surface area contributed by atoms with Gasteiger partial charge in [0.15, 0.2) is 5.75 Å². The van der Waals surface area contributed by atoms with Crippen LogP contribution in [0.2, 0.25) is 0 Å². The molecule has 2 aromatic rings. The minimum Gasteiger partial charge on any atom is -0.496 e. The number of aromatic amines is 1. The van der Waals surface area contributed by atoms with Crippen LogP contribution in [0.15, 0.2) is 41.3 Å². The number of hydrogen-bond acceptors (Lipinski definition) is 5. The van der Waals surface area contributed by atoms with Gasteiger partial charge in [-0.25, -0.2) is 4.79 Å². The summed E-state index contributed by atoms with van der Waals surface area (Å²) in [6.07, 6.45) is 2.37. The van der Waals surface area contributed by atoms with Crippen molar-refractivity contribution in [3.63, 3.8) is 0 Å².